The molecule has 0 aliphatic rings. The van der Waals surface area contributed by atoms with E-state index in [2.05, 4.69) is 38.3 Å². The number of nitrogens with one attached hydrogen (secondary N) is 1. The highest BCUT2D eigenvalue weighted by Gasteiger charge is 2.11. The Balaban J connectivity index is 2.37. The highest BCUT2D eigenvalue weighted by Crippen LogP contribution is 2.23. The van der Waals surface area contributed by atoms with E-state index in [1.165, 1.54) is 0 Å². The van der Waals surface area contributed by atoms with Gasteiger partial charge in [-0.3, -0.25) is 4.98 Å². The maximum absolute atomic E-state index is 4.49. The number of hydrogen-bond acceptors (Lipinski definition) is 3. The van der Waals surface area contributed by atoms with Crippen molar-refractivity contribution in [3.8, 4) is 5.69 Å². The van der Waals surface area contributed by atoms with Crippen molar-refractivity contribution < 1.29 is 0 Å². The molecule has 0 radical (unpaired) electrons. The molecule has 0 saturated heterocycles. The number of pyridine rings is 1. The molecule has 0 aromatic carbocycles. The molecule has 1 unspecified atom stereocenters. The van der Waals surface area contributed by atoms with Gasteiger partial charge >= 0.3 is 0 Å². The van der Waals surface area contributed by atoms with E-state index in [-0.39, 0.29) is 6.04 Å². The van der Waals surface area contributed by atoms with Crippen LogP contribution in [0.15, 0.2) is 22.8 Å². The summed E-state index contributed by atoms with van der Waals surface area (Å²) in [5.74, 6) is 0. The van der Waals surface area contributed by atoms with E-state index in [1.807, 2.05) is 43.9 Å². The second-order valence-corrected chi connectivity index (χ2v) is 5.14. The van der Waals surface area contributed by atoms with Gasteiger partial charge in [-0.05, 0) is 55.9 Å². The molecule has 0 fully saturated rings. The summed E-state index contributed by atoms with van der Waals surface area (Å²) < 4.78 is 2.95. The van der Waals surface area contributed by atoms with Crippen LogP contribution in [-0.4, -0.2) is 21.8 Å². The Labute approximate surface area is 116 Å². The summed E-state index contributed by atoms with van der Waals surface area (Å²) in [6.07, 6.45) is 1.86. The van der Waals surface area contributed by atoms with Crippen molar-refractivity contribution in [2.24, 2.45) is 0 Å². The Kier molecular flexibility index (Phi) is 3.82. The Bertz CT molecular complexity index is 545. The van der Waals surface area contributed by atoms with E-state index in [1.54, 1.807) is 0 Å². The zero-order chi connectivity index (χ0) is 13.3. The monoisotopic (exact) mass is 308 g/mol. The highest BCUT2D eigenvalue weighted by atomic mass is 79.9. The average Bonchev–Trinajstić information content (AvgIpc) is 2.66. The van der Waals surface area contributed by atoms with Gasteiger partial charge in [-0.1, -0.05) is 0 Å². The molecule has 5 heteroatoms. The van der Waals surface area contributed by atoms with E-state index in [4.69, 9.17) is 0 Å². The molecular weight excluding hydrogens is 292 g/mol. The van der Waals surface area contributed by atoms with E-state index < -0.39 is 0 Å². The Morgan fingerprint density at radius 1 is 1.33 bits per heavy atom. The fourth-order valence-corrected chi connectivity index (χ4v) is 2.05. The second-order valence-electron chi connectivity index (χ2n) is 4.35. The van der Waals surface area contributed by atoms with Crippen LogP contribution in [0.4, 0.5) is 0 Å². The lowest BCUT2D eigenvalue weighted by molar-refractivity contribution is 0.632. The van der Waals surface area contributed by atoms with Crippen molar-refractivity contribution in [2.75, 3.05) is 7.05 Å². The summed E-state index contributed by atoms with van der Waals surface area (Å²) in [5, 5.41) is 7.66. The number of hydrogen-bond donors (Lipinski definition) is 1. The van der Waals surface area contributed by atoms with E-state index in [9.17, 15) is 0 Å². The molecule has 1 N–H and O–H groups in total. The second kappa shape index (κ2) is 5.20. The van der Waals surface area contributed by atoms with Gasteiger partial charge in [0.05, 0.1) is 33.4 Å². The first-order valence-corrected chi connectivity index (χ1v) is 6.69. The van der Waals surface area contributed by atoms with E-state index >= 15 is 0 Å². The fourth-order valence-electron chi connectivity index (χ4n) is 1.80. The summed E-state index contributed by atoms with van der Waals surface area (Å²) in [4.78, 5) is 4.47. The third kappa shape index (κ3) is 2.33. The van der Waals surface area contributed by atoms with Crippen molar-refractivity contribution in [3.05, 3.63) is 39.9 Å². The standard InChI is InChI=1S/C13H17BrN4/c1-8(15-4)12-6-5-11(7-16-12)18-10(3)13(14)9(2)17-18/h5-8,15H,1-4H3. The number of rotatable bonds is 3. The van der Waals surface area contributed by atoms with Crippen molar-refractivity contribution >= 4 is 15.9 Å². The summed E-state index contributed by atoms with van der Waals surface area (Å²) in [5.41, 5.74) is 4.08. The van der Waals surface area contributed by atoms with Gasteiger partial charge in [0, 0.05) is 6.04 Å². The number of halogens is 1. The van der Waals surface area contributed by atoms with E-state index in [0.29, 0.717) is 0 Å². The molecule has 2 heterocycles. The van der Waals surface area contributed by atoms with E-state index in [0.717, 1.165) is 27.2 Å². The Morgan fingerprint density at radius 2 is 2.06 bits per heavy atom. The first-order chi connectivity index (χ1) is 8.54. The lowest BCUT2D eigenvalue weighted by Crippen LogP contribution is -2.14. The van der Waals surface area contributed by atoms with Crippen LogP contribution in [0.5, 0.6) is 0 Å². The molecule has 2 rings (SSSR count). The first-order valence-electron chi connectivity index (χ1n) is 5.90. The third-order valence-electron chi connectivity index (χ3n) is 3.09. The lowest BCUT2D eigenvalue weighted by Gasteiger charge is -2.10. The molecule has 4 nitrogen and oxygen atoms in total. The molecule has 0 saturated carbocycles. The van der Waals surface area contributed by atoms with Crippen molar-refractivity contribution in [1.29, 1.82) is 0 Å². The zero-order valence-electron chi connectivity index (χ0n) is 11.0. The summed E-state index contributed by atoms with van der Waals surface area (Å²) in [6.45, 7) is 6.11. The normalized spacial score (nSPS) is 12.7. The molecule has 0 aliphatic carbocycles. The molecule has 2 aromatic heterocycles. The molecular formula is C13H17BrN4. The van der Waals surface area contributed by atoms with Crippen molar-refractivity contribution in [3.63, 3.8) is 0 Å². The van der Waals surface area contributed by atoms with Gasteiger partial charge in [0.25, 0.3) is 0 Å². The van der Waals surface area contributed by atoms with Crippen LogP contribution in [-0.2, 0) is 0 Å². The maximum Gasteiger partial charge on any atom is 0.0832 e. The lowest BCUT2D eigenvalue weighted by atomic mass is 10.2. The largest absolute Gasteiger partial charge is 0.312 e. The number of nitrogens with zero attached hydrogens (tertiary/aromatic N) is 3. The fraction of sp³-hybridized carbons (Fsp3) is 0.385. The van der Waals surface area contributed by atoms with Crippen LogP contribution in [0, 0.1) is 13.8 Å². The summed E-state index contributed by atoms with van der Waals surface area (Å²) >= 11 is 3.53. The minimum atomic E-state index is 0.256. The smallest absolute Gasteiger partial charge is 0.0832 e. The van der Waals surface area contributed by atoms with Gasteiger partial charge in [0.15, 0.2) is 0 Å². The van der Waals surface area contributed by atoms with Crippen LogP contribution < -0.4 is 5.32 Å². The maximum atomic E-state index is 4.49. The van der Waals surface area contributed by atoms with Crippen LogP contribution in [0.3, 0.4) is 0 Å². The molecule has 0 bridgehead atoms. The van der Waals surface area contributed by atoms with Crippen LogP contribution in [0.1, 0.15) is 30.0 Å². The molecule has 2 aromatic rings. The molecule has 0 spiro atoms. The average molecular weight is 309 g/mol. The molecule has 0 aliphatic heterocycles. The summed E-state index contributed by atoms with van der Waals surface area (Å²) in [7, 11) is 1.93. The quantitative estimate of drug-likeness (QED) is 0.948. The first kappa shape index (κ1) is 13.2. The van der Waals surface area contributed by atoms with Gasteiger partial charge < -0.3 is 5.32 Å². The van der Waals surface area contributed by atoms with Crippen LogP contribution in [0.25, 0.3) is 5.69 Å². The molecule has 0 amide bonds. The molecule has 18 heavy (non-hydrogen) atoms. The molecule has 1 atom stereocenters. The predicted molar refractivity (Wildman–Crippen MR) is 76.0 cm³/mol. The topological polar surface area (TPSA) is 42.7 Å². The van der Waals surface area contributed by atoms with Gasteiger partial charge in [-0.15, -0.1) is 0 Å². The van der Waals surface area contributed by atoms with Crippen molar-refractivity contribution in [2.45, 2.75) is 26.8 Å². The van der Waals surface area contributed by atoms with Crippen LogP contribution in [0.2, 0.25) is 0 Å². The summed E-state index contributed by atoms with van der Waals surface area (Å²) in [6, 6.07) is 4.33. The highest BCUT2D eigenvalue weighted by molar-refractivity contribution is 9.10. The third-order valence-corrected chi connectivity index (χ3v) is 4.24. The van der Waals surface area contributed by atoms with Crippen molar-refractivity contribution in [1.82, 2.24) is 20.1 Å². The van der Waals surface area contributed by atoms with Gasteiger partial charge in [0.2, 0.25) is 0 Å². The number of aryl methyl sites for hydroxylation is 1. The minimum absolute atomic E-state index is 0.256. The predicted octanol–water partition coefficient (Wildman–Crippen LogP) is 2.93. The van der Waals surface area contributed by atoms with Gasteiger partial charge in [-0.25, -0.2) is 4.68 Å². The Morgan fingerprint density at radius 3 is 2.50 bits per heavy atom. The minimum Gasteiger partial charge on any atom is -0.312 e. The van der Waals surface area contributed by atoms with Gasteiger partial charge in [0.1, 0.15) is 0 Å². The van der Waals surface area contributed by atoms with Gasteiger partial charge in [-0.2, -0.15) is 5.10 Å². The number of aromatic nitrogens is 3. The Hall–Kier alpha value is -1.20. The zero-order valence-corrected chi connectivity index (χ0v) is 12.6. The SMILES string of the molecule is CNC(C)c1ccc(-n2nc(C)c(Br)c2C)cn1. The molecule has 96 valence electrons. The van der Waals surface area contributed by atoms with Crippen LogP contribution >= 0.6 is 15.9 Å².